The van der Waals surface area contributed by atoms with E-state index in [4.69, 9.17) is 15.0 Å². The fourth-order valence-corrected chi connectivity index (χ4v) is 6.88. The van der Waals surface area contributed by atoms with Gasteiger partial charge in [-0.05, 0) is 74.7 Å². The molecular weight excluding hydrogens is 665 g/mol. The van der Waals surface area contributed by atoms with Crippen molar-refractivity contribution in [2.45, 2.75) is 111 Å². The van der Waals surface area contributed by atoms with Crippen LogP contribution in [0.1, 0.15) is 128 Å². The van der Waals surface area contributed by atoms with Crippen LogP contribution in [0.3, 0.4) is 0 Å². The summed E-state index contributed by atoms with van der Waals surface area (Å²) < 4.78 is 0. The van der Waals surface area contributed by atoms with Gasteiger partial charge in [0.2, 0.25) is 0 Å². The number of aromatic hydroxyl groups is 2. The Morgan fingerprint density at radius 3 is 1.81 bits per heavy atom. The molecule has 54 heavy (non-hydrogen) atoms. The Morgan fingerprint density at radius 1 is 0.611 bits per heavy atom. The largest absolute Gasteiger partial charge is 0.507 e. The Labute approximate surface area is 321 Å². The van der Waals surface area contributed by atoms with E-state index >= 15 is 0 Å². The van der Waals surface area contributed by atoms with Gasteiger partial charge in [-0.25, -0.2) is 4.98 Å². The Hall–Kier alpha value is -5.23. The number of para-hydroxylation sites is 2. The molecule has 6 heteroatoms. The quantitative estimate of drug-likeness (QED) is 0.149. The second kappa shape index (κ2) is 13.9. The number of phenols is 2. The van der Waals surface area contributed by atoms with Crippen LogP contribution in [0, 0.1) is 0 Å². The van der Waals surface area contributed by atoms with E-state index < -0.39 is 6.04 Å². The molecule has 6 rings (SSSR count). The van der Waals surface area contributed by atoms with E-state index in [0.29, 0.717) is 11.3 Å². The highest BCUT2D eigenvalue weighted by Gasteiger charge is 2.30. The number of hydrogen-bond donors (Lipinski definition) is 3. The van der Waals surface area contributed by atoms with Crippen molar-refractivity contribution in [1.82, 2.24) is 9.97 Å². The molecule has 0 amide bonds. The zero-order chi connectivity index (χ0) is 39.4. The molecule has 0 aliphatic heterocycles. The number of aromatic nitrogens is 2. The standard InChI is InChI=1S/C48H56N4O2/c1-45(2,3)32-24-31(43(53)35(26-32)47(7,8)9)28-50-37-19-13-17-30-21-22-39(51-41(30)37)42(52-38-20-14-16-29-18-15-23-49-40(29)38)34-25-33(46(4,5)6)27-36(44(34)54)48(10,11)12/h13-28,42,52-54H,1-12H3/t42-/m0/s1. The zero-order valence-electron chi connectivity index (χ0n) is 34.1. The SMILES string of the molecule is CC(C)(C)c1cc(C=Nc2cccc3ccc([C@@H](Nc4cccc5cccnc45)c4cc(C(C)(C)C)cc(C(C)(C)C)c4O)nc23)c(O)c(C(C)(C)C)c1. The molecule has 0 saturated heterocycles. The van der Waals surface area contributed by atoms with Crippen LogP contribution in [0.4, 0.5) is 11.4 Å². The van der Waals surface area contributed by atoms with Gasteiger partial charge in [-0.1, -0.05) is 132 Å². The summed E-state index contributed by atoms with van der Waals surface area (Å²) in [5, 5.41) is 29.4. The average molecular weight is 721 g/mol. The third kappa shape index (κ3) is 7.84. The molecule has 6 nitrogen and oxygen atoms in total. The van der Waals surface area contributed by atoms with E-state index in [-0.39, 0.29) is 33.2 Å². The first-order chi connectivity index (χ1) is 25.1. The summed E-state index contributed by atoms with van der Waals surface area (Å²) in [6.07, 6.45) is 3.56. The average Bonchev–Trinajstić information content (AvgIpc) is 3.08. The van der Waals surface area contributed by atoms with Crippen LogP contribution in [-0.2, 0) is 21.7 Å². The van der Waals surface area contributed by atoms with E-state index in [0.717, 1.165) is 61.0 Å². The number of phenolic OH excluding ortho intramolecular Hbond substituents is 2. The van der Waals surface area contributed by atoms with Gasteiger partial charge in [-0.15, -0.1) is 0 Å². The third-order valence-corrected chi connectivity index (χ3v) is 10.2. The van der Waals surface area contributed by atoms with Crippen LogP contribution in [-0.4, -0.2) is 26.4 Å². The molecule has 0 aliphatic carbocycles. The first-order valence-corrected chi connectivity index (χ1v) is 18.9. The van der Waals surface area contributed by atoms with Crippen LogP contribution < -0.4 is 5.32 Å². The van der Waals surface area contributed by atoms with E-state index in [1.54, 1.807) is 12.4 Å². The predicted octanol–water partition coefficient (Wildman–Crippen LogP) is 12.3. The van der Waals surface area contributed by atoms with E-state index in [1.807, 2.05) is 48.5 Å². The van der Waals surface area contributed by atoms with Gasteiger partial charge in [-0.3, -0.25) is 9.98 Å². The molecule has 6 aromatic rings. The molecule has 280 valence electrons. The number of hydrogen-bond acceptors (Lipinski definition) is 6. The van der Waals surface area contributed by atoms with Crippen LogP contribution in [0.15, 0.2) is 96.1 Å². The Bertz CT molecular complexity index is 2380. The minimum absolute atomic E-state index is 0.115. The fourth-order valence-electron chi connectivity index (χ4n) is 6.88. The van der Waals surface area contributed by atoms with Gasteiger partial charge in [0, 0.05) is 39.9 Å². The van der Waals surface area contributed by atoms with Gasteiger partial charge < -0.3 is 15.5 Å². The molecule has 0 radical (unpaired) electrons. The highest BCUT2D eigenvalue weighted by molar-refractivity contribution is 5.94. The molecule has 4 aromatic carbocycles. The molecule has 0 aliphatic rings. The van der Waals surface area contributed by atoms with Gasteiger partial charge in [0.25, 0.3) is 0 Å². The van der Waals surface area contributed by atoms with Crippen molar-refractivity contribution in [1.29, 1.82) is 0 Å². The number of aliphatic imine (C=N–C) groups is 1. The predicted molar refractivity (Wildman–Crippen MR) is 227 cm³/mol. The lowest BCUT2D eigenvalue weighted by molar-refractivity contribution is 0.436. The smallest absolute Gasteiger partial charge is 0.128 e. The van der Waals surface area contributed by atoms with Crippen molar-refractivity contribution in [2.24, 2.45) is 4.99 Å². The third-order valence-electron chi connectivity index (χ3n) is 10.2. The molecule has 3 N–H and O–H groups in total. The number of benzene rings is 4. The number of anilines is 1. The minimum atomic E-state index is -0.538. The van der Waals surface area contributed by atoms with Crippen molar-refractivity contribution >= 4 is 39.4 Å². The lowest BCUT2D eigenvalue weighted by Crippen LogP contribution is -2.21. The maximum atomic E-state index is 12.2. The molecule has 0 saturated carbocycles. The van der Waals surface area contributed by atoms with Crippen molar-refractivity contribution in [2.75, 3.05) is 5.32 Å². The first-order valence-electron chi connectivity index (χ1n) is 18.9. The molecule has 2 heterocycles. The van der Waals surface area contributed by atoms with Gasteiger partial charge in [0.15, 0.2) is 0 Å². The monoisotopic (exact) mass is 720 g/mol. The highest BCUT2D eigenvalue weighted by atomic mass is 16.3. The van der Waals surface area contributed by atoms with Crippen LogP contribution in [0.25, 0.3) is 21.8 Å². The number of pyridine rings is 2. The van der Waals surface area contributed by atoms with Gasteiger partial charge >= 0.3 is 0 Å². The normalized spacial score (nSPS) is 13.6. The van der Waals surface area contributed by atoms with Crippen LogP contribution in [0.5, 0.6) is 11.5 Å². The molecular formula is C48H56N4O2. The Kier molecular flexibility index (Phi) is 9.89. The Balaban J connectivity index is 1.57. The van der Waals surface area contributed by atoms with Gasteiger partial charge in [0.1, 0.15) is 11.5 Å². The van der Waals surface area contributed by atoms with Crippen molar-refractivity contribution in [3.05, 3.63) is 130 Å². The zero-order valence-corrected chi connectivity index (χ0v) is 34.1. The van der Waals surface area contributed by atoms with Gasteiger partial charge in [-0.2, -0.15) is 0 Å². The summed E-state index contributed by atoms with van der Waals surface area (Å²) in [7, 11) is 0. The molecule has 0 unspecified atom stereocenters. The van der Waals surface area contributed by atoms with Crippen LogP contribution in [0.2, 0.25) is 0 Å². The number of rotatable bonds is 6. The van der Waals surface area contributed by atoms with Crippen LogP contribution >= 0.6 is 0 Å². The second-order valence-corrected chi connectivity index (χ2v) is 18.7. The van der Waals surface area contributed by atoms with Gasteiger partial charge in [0.05, 0.1) is 34.1 Å². The molecule has 1 atom stereocenters. The number of fused-ring (bicyclic) bond motifs is 2. The minimum Gasteiger partial charge on any atom is -0.507 e. The lowest BCUT2D eigenvalue weighted by atomic mass is 9.78. The first kappa shape index (κ1) is 38.5. The van der Waals surface area contributed by atoms with Crippen molar-refractivity contribution < 1.29 is 10.2 Å². The summed E-state index contributed by atoms with van der Waals surface area (Å²) in [6.45, 7) is 25.9. The highest BCUT2D eigenvalue weighted by Crippen LogP contribution is 2.43. The molecule has 0 spiro atoms. The van der Waals surface area contributed by atoms with E-state index in [9.17, 15) is 10.2 Å². The van der Waals surface area contributed by atoms with E-state index in [1.165, 1.54) is 0 Å². The van der Waals surface area contributed by atoms with E-state index in [2.05, 4.69) is 125 Å². The summed E-state index contributed by atoms with van der Waals surface area (Å²) in [4.78, 5) is 15.1. The molecule has 0 bridgehead atoms. The maximum absolute atomic E-state index is 12.2. The lowest BCUT2D eigenvalue weighted by Gasteiger charge is -2.30. The number of nitrogens with zero attached hydrogens (tertiary/aromatic N) is 3. The Morgan fingerprint density at radius 2 is 1.19 bits per heavy atom. The topological polar surface area (TPSA) is 90.6 Å². The fraction of sp³-hybridized carbons (Fsp3) is 0.354. The molecule has 2 aromatic heterocycles. The molecule has 0 fully saturated rings. The summed E-state index contributed by atoms with van der Waals surface area (Å²) in [5.41, 5.74) is 8.39. The van der Waals surface area contributed by atoms with Crippen molar-refractivity contribution in [3.63, 3.8) is 0 Å². The van der Waals surface area contributed by atoms with Crippen molar-refractivity contribution in [3.8, 4) is 11.5 Å². The summed E-state index contributed by atoms with van der Waals surface area (Å²) in [5.74, 6) is 0.489. The number of nitrogens with one attached hydrogen (secondary N) is 1. The summed E-state index contributed by atoms with van der Waals surface area (Å²) >= 11 is 0. The summed E-state index contributed by atoms with van der Waals surface area (Å²) in [6, 6.07) is 28.0. The second-order valence-electron chi connectivity index (χ2n) is 18.7. The maximum Gasteiger partial charge on any atom is 0.128 e.